The smallest absolute Gasteiger partial charge is 0.427 e. The zero-order valence-corrected chi connectivity index (χ0v) is 13.8. The Morgan fingerprint density at radius 1 is 1.17 bits per heavy atom. The molecule has 0 radical (unpaired) electrons. The number of nitrogens with zero attached hydrogens (tertiary/aromatic N) is 1. The van der Waals surface area contributed by atoms with Gasteiger partial charge in [0.15, 0.2) is 0 Å². The molecule has 2 rings (SSSR count). The highest BCUT2D eigenvalue weighted by atomic mass is 16.4. The monoisotopic (exact) mass is 319 g/mol. The lowest BCUT2D eigenvalue weighted by Gasteiger charge is -2.21. The van der Waals surface area contributed by atoms with Crippen molar-refractivity contribution in [2.75, 3.05) is 26.2 Å². The lowest BCUT2D eigenvalue weighted by atomic mass is 9.80. The maximum atomic E-state index is 8.96. The van der Waals surface area contributed by atoms with Crippen molar-refractivity contribution in [3.05, 3.63) is 35.9 Å². The number of rotatable bonds is 9. The molecule has 1 fully saturated rings. The highest BCUT2D eigenvalue weighted by Crippen LogP contribution is 2.27. The van der Waals surface area contributed by atoms with E-state index in [0.717, 1.165) is 38.9 Å². The first-order valence-electron chi connectivity index (χ1n) is 8.66. The Labute approximate surface area is 139 Å². The molecule has 1 aliphatic rings. The Hall–Kier alpha value is -0.915. The molecule has 5 nitrogen and oxygen atoms in total. The summed E-state index contributed by atoms with van der Waals surface area (Å²) in [6, 6.07) is 10.5. The molecule has 1 aliphatic heterocycles. The molecule has 3 unspecified atom stereocenters. The minimum absolute atomic E-state index is 0.133. The fourth-order valence-corrected chi connectivity index (χ4v) is 3.65. The van der Waals surface area contributed by atoms with Gasteiger partial charge in [0.2, 0.25) is 0 Å². The Bertz CT molecular complexity index is 447. The van der Waals surface area contributed by atoms with Gasteiger partial charge in [-0.15, -0.1) is 0 Å². The summed E-state index contributed by atoms with van der Waals surface area (Å²) in [5.74, 6) is 1.04. The molecule has 0 saturated carbocycles. The quantitative estimate of drug-likeness (QED) is 0.492. The van der Waals surface area contributed by atoms with E-state index in [1.165, 1.54) is 5.56 Å². The van der Waals surface area contributed by atoms with E-state index in [9.17, 15) is 0 Å². The van der Waals surface area contributed by atoms with Gasteiger partial charge >= 0.3 is 7.12 Å². The van der Waals surface area contributed by atoms with Crippen LogP contribution in [0.5, 0.6) is 0 Å². The van der Waals surface area contributed by atoms with Crippen molar-refractivity contribution in [1.82, 2.24) is 4.90 Å². The van der Waals surface area contributed by atoms with E-state index in [-0.39, 0.29) is 6.04 Å². The van der Waals surface area contributed by atoms with E-state index >= 15 is 0 Å². The van der Waals surface area contributed by atoms with E-state index in [1.807, 2.05) is 18.2 Å². The van der Waals surface area contributed by atoms with Crippen LogP contribution in [0.2, 0.25) is 6.32 Å². The van der Waals surface area contributed by atoms with Gasteiger partial charge in [-0.2, -0.15) is 0 Å². The van der Waals surface area contributed by atoms with E-state index < -0.39 is 7.12 Å². The van der Waals surface area contributed by atoms with Crippen molar-refractivity contribution in [2.45, 2.75) is 31.6 Å². The van der Waals surface area contributed by atoms with Gasteiger partial charge in [0, 0.05) is 25.7 Å². The summed E-state index contributed by atoms with van der Waals surface area (Å²) in [7, 11) is -1.19. The van der Waals surface area contributed by atoms with Gasteiger partial charge in [-0.1, -0.05) is 36.8 Å². The van der Waals surface area contributed by atoms with Crippen molar-refractivity contribution >= 4 is 7.12 Å². The van der Waals surface area contributed by atoms with Gasteiger partial charge in [0.1, 0.15) is 0 Å². The minimum atomic E-state index is -1.19. The first-order valence-corrected chi connectivity index (χ1v) is 8.66. The van der Waals surface area contributed by atoms with Gasteiger partial charge in [0.25, 0.3) is 0 Å². The molecule has 0 aliphatic carbocycles. The summed E-state index contributed by atoms with van der Waals surface area (Å²) in [5.41, 5.74) is 13.5. The number of likely N-dealkylation sites (tertiary alicyclic amines) is 1. The molecule has 1 saturated heterocycles. The predicted octanol–water partition coefficient (Wildman–Crippen LogP) is 0.316. The zero-order valence-electron chi connectivity index (χ0n) is 13.8. The minimum Gasteiger partial charge on any atom is -0.427 e. The zero-order chi connectivity index (χ0) is 16.7. The highest BCUT2D eigenvalue weighted by Gasteiger charge is 2.32. The fourth-order valence-electron chi connectivity index (χ4n) is 3.65. The van der Waals surface area contributed by atoms with Crippen LogP contribution >= 0.6 is 0 Å². The van der Waals surface area contributed by atoms with Crippen LogP contribution in [0.15, 0.2) is 30.3 Å². The normalized spacial score (nSPS) is 23.1. The third-order valence-corrected chi connectivity index (χ3v) is 4.83. The van der Waals surface area contributed by atoms with Crippen molar-refractivity contribution in [1.29, 1.82) is 0 Å². The Balaban J connectivity index is 1.77. The Morgan fingerprint density at radius 2 is 1.87 bits per heavy atom. The summed E-state index contributed by atoms with van der Waals surface area (Å²) in [6.45, 7) is 3.61. The second-order valence-electron chi connectivity index (χ2n) is 6.84. The molecule has 0 bridgehead atoms. The molecule has 23 heavy (non-hydrogen) atoms. The maximum absolute atomic E-state index is 8.96. The van der Waals surface area contributed by atoms with E-state index in [1.54, 1.807) is 0 Å². The van der Waals surface area contributed by atoms with Gasteiger partial charge < -0.3 is 26.4 Å². The Morgan fingerprint density at radius 3 is 2.52 bits per heavy atom. The fraction of sp³-hybridized carbons (Fsp3) is 0.647. The number of hydrogen-bond donors (Lipinski definition) is 4. The average Bonchev–Trinajstić information content (AvgIpc) is 2.89. The van der Waals surface area contributed by atoms with Crippen LogP contribution in [0.4, 0.5) is 0 Å². The lowest BCUT2D eigenvalue weighted by Crippen LogP contribution is -2.38. The first kappa shape index (κ1) is 18.4. The molecule has 0 amide bonds. The van der Waals surface area contributed by atoms with Crippen LogP contribution in [0.25, 0.3) is 0 Å². The summed E-state index contributed by atoms with van der Waals surface area (Å²) >= 11 is 0. The number of benzene rings is 1. The van der Waals surface area contributed by atoms with Crippen LogP contribution in [0.1, 0.15) is 18.4 Å². The summed E-state index contributed by atoms with van der Waals surface area (Å²) in [5, 5.41) is 17.9. The van der Waals surface area contributed by atoms with Crippen molar-refractivity contribution < 1.29 is 10.0 Å². The largest absolute Gasteiger partial charge is 0.451 e. The number of nitrogens with two attached hydrogens (primary N) is 2. The molecule has 128 valence electrons. The van der Waals surface area contributed by atoms with Crippen LogP contribution in [0.3, 0.4) is 0 Å². The molecule has 3 atom stereocenters. The number of hydrogen-bond acceptors (Lipinski definition) is 5. The third kappa shape index (κ3) is 6.24. The molecule has 0 spiro atoms. The van der Waals surface area contributed by atoms with Crippen LogP contribution in [-0.4, -0.2) is 54.3 Å². The van der Waals surface area contributed by atoms with E-state index in [2.05, 4.69) is 17.0 Å². The van der Waals surface area contributed by atoms with Crippen LogP contribution < -0.4 is 11.5 Å². The van der Waals surface area contributed by atoms with Gasteiger partial charge in [-0.05, 0) is 43.1 Å². The SMILES string of the molecule is NCC1CN(CC(N)Cc2ccccc2)CC1CCCB(O)O. The second kappa shape index (κ2) is 9.40. The lowest BCUT2D eigenvalue weighted by molar-refractivity contribution is 0.296. The van der Waals surface area contributed by atoms with Gasteiger partial charge in [0.05, 0.1) is 0 Å². The van der Waals surface area contributed by atoms with Gasteiger partial charge in [-0.3, -0.25) is 0 Å². The standard InChI is InChI=1S/C17H30BN3O2/c19-10-16-12-21(11-15(16)7-4-8-18(22)23)13-17(20)9-14-5-2-1-3-6-14/h1-3,5-6,15-17,22-23H,4,7-13,19-20H2. The molecule has 6 N–H and O–H groups in total. The molecule has 1 aromatic rings. The van der Waals surface area contributed by atoms with Crippen molar-refractivity contribution in [2.24, 2.45) is 23.3 Å². The summed E-state index contributed by atoms with van der Waals surface area (Å²) in [6.07, 6.45) is 3.18. The highest BCUT2D eigenvalue weighted by molar-refractivity contribution is 6.40. The van der Waals surface area contributed by atoms with Crippen molar-refractivity contribution in [3.63, 3.8) is 0 Å². The van der Waals surface area contributed by atoms with Crippen molar-refractivity contribution in [3.8, 4) is 0 Å². The first-order chi connectivity index (χ1) is 11.1. The maximum Gasteiger partial charge on any atom is 0.451 e. The molecular weight excluding hydrogens is 289 g/mol. The molecular formula is C17H30BN3O2. The van der Waals surface area contributed by atoms with Crippen LogP contribution in [0, 0.1) is 11.8 Å². The molecule has 0 aromatic heterocycles. The second-order valence-corrected chi connectivity index (χ2v) is 6.84. The third-order valence-electron chi connectivity index (χ3n) is 4.83. The predicted molar refractivity (Wildman–Crippen MR) is 94.8 cm³/mol. The summed E-state index contributed by atoms with van der Waals surface area (Å²) in [4.78, 5) is 2.42. The molecule has 1 heterocycles. The topological polar surface area (TPSA) is 95.7 Å². The average molecular weight is 319 g/mol. The summed E-state index contributed by atoms with van der Waals surface area (Å²) < 4.78 is 0. The van der Waals surface area contributed by atoms with Crippen LogP contribution in [-0.2, 0) is 6.42 Å². The molecule has 1 aromatic carbocycles. The molecule has 6 heteroatoms. The van der Waals surface area contributed by atoms with E-state index in [4.69, 9.17) is 21.5 Å². The Kier molecular flexibility index (Phi) is 7.53. The van der Waals surface area contributed by atoms with E-state index in [0.29, 0.717) is 24.7 Å². The van der Waals surface area contributed by atoms with Gasteiger partial charge in [-0.25, -0.2) is 0 Å².